The number of ether oxygens (including phenoxy) is 2. The zero-order chi connectivity index (χ0) is 29.9. The molecular weight excluding hydrogens is 551 g/mol. The van der Waals surface area contributed by atoms with Crippen LogP contribution in [0, 0.1) is 12.7 Å². The Balaban J connectivity index is 1.20. The number of benzene rings is 2. The number of rotatable bonds is 8. The third-order valence-electron chi connectivity index (χ3n) is 7.26. The summed E-state index contributed by atoms with van der Waals surface area (Å²) in [5.41, 5.74) is 9.14. The van der Waals surface area contributed by atoms with Crippen LogP contribution in [0.5, 0.6) is 17.2 Å². The third-order valence-corrected chi connectivity index (χ3v) is 7.26. The number of carbonyl (C=O) groups excluding carboxylic acids is 1. The summed E-state index contributed by atoms with van der Waals surface area (Å²) in [5.74, 6) is 1.54. The molecule has 2 aromatic carbocycles. The minimum absolute atomic E-state index is 0.0462. The topological polar surface area (TPSA) is 134 Å². The first-order valence-electron chi connectivity index (χ1n) is 13.8. The first-order valence-corrected chi connectivity index (χ1v) is 13.8. The summed E-state index contributed by atoms with van der Waals surface area (Å²) in [5, 5.41) is 5.57. The number of fused-ring (bicyclic) bond motifs is 1. The molecule has 6 rings (SSSR count). The molecule has 0 aliphatic carbocycles. The van der Waals surface area contributed by atoms with E-state index in [4.69, 9.17) is 20.3 Å². The summed E-state index contributed by atoms with van der Waals surface area (Å²) in [6.07, 6.45) is 7.56. The van der Waals surface area contributed by atoms with Crippen LogP contribution >= 0.6 is 0 Å². The van der Waals surface area contributed by atoms with Crippen molar-refractivity contribution in [1.29, 1.82) is 0 Å². The Labute approximate surface area is 246 Å². The second kappa shape index (κ2) is 11.8. The van der Waals surface area contributed by atoms with Crippen LogP contribution in [0.25, 0.3) is 22.3 Å². The lowest BCUT2D eigenvalue weighted by Gasteiger charge is -2.31. The summed E-state index contributed by atoms with van der Waals surface area (Å²) in [6, 6.07) is 11.5. The number of aromatic nitrogens is 6. The SMILES string of the molecule is C=CC(=O)N1CCC(n2nc(-c3ccc(Oc4cc(F)cc(OCc5cnc(C)nc5)c4)cc3)c3c(N)ncnc32)CC1. The van der Waals surface area contributed by atoms with Crippen LogP contribution in [0.4, 0.5) is 10.2 Å². The van der Waals surface area contributed by atoms with E-state index in [0.717, 1.165) is 24.0 Å². The van der Waals surface area contributed by atoms with Crippen LogP contribution in [-0.4, -0.2) is 53.6 Å². The minimum Gasteiger partial charge on any atom is -0.489 e. The second-order valence-electron chi connectivity index (χ2n) is 10.2. The first kappa shape index (κ1) is 27.8. The zero-order valence-corrected chi connectivity index (χ0v) is 23.5. The van der Waals surface area contributed by atoms with Crippen LogP contribution in [-0.2, 0) is 11.4 Å². The summed E-state index contributed by atoms with van der Waals surface area (Å²) < 4.78 is 27.9. The molecule has 0 bridgehead atoms. The molecule has 43 heavy (non-hydrogen) atoms. The number of halogens is 1. The van der Waals surface area contributed by atoms with Gasteiger partial charge in [0.1, 0.15) is 53.3 Å². The molecule has 1 aliphatic rings. The number of likely N-dealkylation sites (tertiary alicyclic amines) is 1. The number of hydrogen-bond donors (Lipinski definition) is 1. The number of amides is 1. The van der Waals surface area contributed by atoms with Crippen molar-refractivity contribution in [1.82, 2.24) is 34.6 Å². The van der Waals surface area contributed by atoms with Crippen molar-refractivity contribution in [3.8, 4) is 28.5 Å². The molecule has 0 radical (unpaired) electrons. The standard InChI is InChI=1S/C31H29FN8O3/c1-3-27(41)39-10-8-23(9-11-39)40-31-28(30(33)36-18-37-31)29(38-40)21-4-6-24(7-5-21)43-26-13-22(32)12-25(14-26)42-17-20-15-34-19(2)35-16-20/h3-7,12-16,18,23H,1,8-11,17H2,2H3,(H2,33,36,37). The normalized spacial score (nSPS) is 13.7. The molecule has 0 atom stereocenters. The molecule has 12 heteroatoms. The summed E-state index contributed by atoms with van der Waals surface area (Å²) >= 11 is 0. The van der Waals surface area contributed by atoms with Gasteiger partial charge in [0.15, 0.2) is 5.65 Å². The van der Waals surface area contributed by atoms with Crippen LogP contribution in [0.1, 0.15) is 30.3 Å². The van der Waals surface area contributed by atoms with Gasteiger partial charge in [-0.2, -0.15) is 5.10 Å². The van der Waals surface area contributed by atoms with Gasteiger partial charge in [0.25, 0.3) is 0 Å². The van der Waals surface area contributed by atoms with Crippen LogP contribution in [0.2, 0.25) is 0 Å². The highest BCUT2D eigenvalue weighted by atomic mass is 19.1. The van der Waals surface area contributed by atoms with Crippen LogP contribution < -0.4 is 15.2 Å². The van der Waals surface area contributed by atoms with E-state index in [-0.39, 0.29) is 24.3 Å². The number of anilines is 1. The Hall–Kier alpha value is -5.39. The summed E-state index contributed by atoms with van der Waals surface area (Å²) in [7, 11) is 0. The monoisotopic (exact) mass is 580 g/mol. The molecule has 1 saturated heterocycles. The minimum atomic E-state index is -0.489. The number of nitrogens with zero attached hydrogens (tertiary/aromatic N) is 7. The quantitative estimate of drug-likeness (QED) is 0.251. The van der Waals surface area contributed by atoms with E-state index in [1.54, 1.807) is 42.4 Å². The predicted octanol–water partition coefficient (Wildman–Crippen LogP) is 5.03. The van der Waals surface area contributed by atoms with Crippen molar-refractivity contribution < 1.29 is 18.7 Å². The molecular formula is C31H29FN8O3. The van der Waals surface area contributed by atoms with Crippen molar-refractivity contribution in [2.24, 2.45) is 0 Å². The van der Waals surface area contributed by atoms with Gasteiger partial charge in [-0.1, -0.05) is 6.58 Å². The Morgan fingerprint density at radius 2 is 1.77 bits per heavy atom. The molecule has 0 saturated carbocycles. The highest BCUT2D eigenvalue weighted by molar-refractivity contribution is 5.98. The molecule has 2 N–H and O–H groups in total. The molecule has 3 aromatic heterocycles. The molecule has 0 unspecified atom stereocenters. The van der Waals surface area contributed by atoms with E-state index >= 15 is 0 Å². The molecule has 11 nitrogen and oxygen atoms in total. The molecule has 1 fully saturated rings. The van der Waals surface area contributed by atoms with E-state index in [0.29, 0.717) is 53.0 Å². The van der Waals surface area contributed by atoms with Gasteiger partial charge in [-0.3, -0.25) is 4.79 Å². The van der Waals surface area contributed by atoms with Crippen LogP contribution in [0.3, 0.4) is 0 Å². The third kappa shape index (κ3) is 5.98. The van der Waals surface area contributed by atoms with Gasteiger partial charge in [-0.25, -0.2) is 29.0 Å². The van der Waals surface area contributed by atoms with Gasteiger partial charge in [0, 0.05) is 54.8 Å². The molecule has 5 aromatic rings. The van der Waals surface area contributed by atoms with Crippen LogP contribution in [0.15, 0.2) is 73.8 Å². The maximum atomic E-state index is 14.4. The van der Waals surface area contributed by atoms with Gasteiger partial charge in [-0.15, -0.1) is 0 Å². The lowest BCUT2D eigenvalue weighted by Crippen LogP contribution is -2.38. The van der Waals surface area contributed by atoms with E-state index in [1.165, 1.54) is 24.5 Å². The van der Waals surface area contributed by atoms with E-state index < -0.39 is 5.82 Å². The van der Waals surface area contributed by atoms with Crippen molar-refractivity contribution in [2.45, 2.75) is 32.4 Å². The van der Waals surface area contributed by atoms with Gasteiger partial charge < -0.3 is 20.1 Å². The number of aryl methyl sites for hydroxylation is 1. The summed E-state index contributed by atoms with van der Waals surface area (Å²) in [4.78, 5) is 30.8. The first-order chi connectivity index (χ1) is 20.9. The number of nitrogen functional groups attached to an aromatic ring is 1. The van der Waals surface area contributed by atoms with Gasteiger partial charge in [-0.05, 0) is 50.1 Å². The number of carbonyl (C=O) groups is 1. The lowest BCUT2D eigenvalue weighted by atomic mass is 10.1. The number of piperidine rings is 1. The maximum absolute atomic E-state index is 14.4. The maximum Gasteiger partial charge on any atom is 0.245 e. The van der Waals surface area contributed by atoms with E-state index in [9.17, 15) is 9.18 Å². The van der Waals surface area contributed by atoms with Gasteiger partial charge in [0.05, 0.1) is 11.4 Å². The fourth-order valence-electron chi connectivity index (χ4n) is 5.07. The van der Waals surface area contributed by atoms with Crippen molar-refractivity contribution in [3.63, 3.8) is 0 Å². The number of hydrogen-bond acceptors (Lipinski definition) is 9. The fraction of sp³-hybridized carbons (Fsp3) is 0.226. The predicted molar refractivity (Wildman–Crippen MR) is 158 cm³/mol. The zero-order valence-electron chi connectivity index (χ0n) is 23.5. The Morgan fingerprint density at radius 3 is 2.49 bits per heavy atom. The molecule has 4 heterocycles. The average Bonchev–Trinajstić information content (AvgIpc) is 3.41. The Kier molecular flexibility index (Phi) is 7.65. The van der Waals surface area contributed by atoms with Gasteiger partial charge >= 0.3 is 0 Å². The molecule has 0 spiro atoms. The largest absolute Gasteiger partial charge is 0.489 e. The van der Waals surface area contributed by atoms with E-state index in [1.807, 2.05) is 16.8 Å². The Morgan fingerprint density at radius 1 is 1.05 bits per heavy atom. The Bertz CT molecular complexity index is 1780. The number of nitrogens with two attached hydrogens (primary N) is 1. The van der Waals surface area contributed by atoms with E-state index in [2.05, 4.69) is 26.5 Å². The highest BCUT2D eigenvalue weighted by Crippen LogP contribution is 2.35. The van der Waals surface area contributed by atoms with Crippen molar-refractivity contribution in [3.05, 3.63) is 91.0 Å². The molecule has 218 valence electrons. The average molecular weight is 581 g/mol. The lowest BCUT2D eigenvalue weighted by molar-refractivity contribution is -0.127. The molecule has 1 amide bonds. The highest BCUT2D eigenvalue weighted by Gasteiger charge is 2.27. The molecule has 1 aliphatic heterocycles. The van der Waals surface area contributed by atoms with Gasteiger partial charge in [0.2, 0.25) is 5.91 Å². The second-order valence-corrected chi connectivity index (χ2v) is 10.2. The fourth-order valence-corrected chi connectivity index (χ4v) is 5.07. The smallest absolute Gasteiger partial charge is 0.245 e. The van der Waals surface area contributed by atoms with Crippen molar-refractivity contribution in [2.75, 3.05) is 18.8 Å². The van der Waals surface area contributed by atoms with Crippen molar-refractivity contribution >= 4 is 22.8 Å². The summed E-state index contributed by atoms with van der Waals surface area (Å²) in [6.45, 7) is 6.78.